The Kier molecular flexibility index (Phi) is 4.04. The van der Waals surface area contributed by atoms with Crippen LogP contribution in [0.15, 0.2) is 12.1 Å². The van der Waals surface area contributed by atoms with E-state index in [0.29, 0.717) is 21.1 Å². The van der Waals surface area contributed by atoms with Crippen molar-refractivity contribution in [3.63, 3.8) is 0 Å². The normalized spacial score (nSPS) is 26.2. The lowest BCUT2D eigenvalue weighted by molar-refractivity contribution is 0.0622. The summed E-state index contributed by atoms with van der Waals surface area (Å²) < 4.78 is 5.64. The third-order valence-electron chi connectivity index (χ3n) is 4.47. The number of nitrogens with zero attached hydrogens (tertiary/aromatic N) is 3. The molecule has 0 spiro atoms. The molecule has 3 saturated heterocycles. The van der Waals surface area contributed by atoms with Crippen LogP contribution in [0.1, 0.15) is 27.5 Å². The number of aromatic nitrogens is 2. The molecule has 122 valence electrons. The number of fused-ring (bicyclic) bond motifs is 3. The minimum atomic E-state index is -0.00274. The van der Waals surface area contributed by atoms with Crippen molar-refractivity contribution in [2.75, 3.05) is 19.6 Å². The molecule has 1 N–H and O–H groups in total. The van der Waals surface area contributed by atoms with Crippen LogP contribution in [0.2, 0.25) is 0 Å². The lowest BCUT2D eigenvalue weighted by Crippen LogP contribution is -2.57. The van der Waals surface area contributed by atoms with Crippen molar-refractivity contribution in [2.24, 2.45) is 5.92 Å². The van der Waals surface area contributed by atoms with E-state index >= 15 is 0 Å². The first-order valence-electron chi connectivity index (χ1n) is 7.78. The quantitative estimate of drug-likeness (QED) is 0.918. The average Bonchev–Trinajstić information content (AvgIpc) is 3.18. The molecule has 23 heavy (non-hydrogen) atoms. The molecule has 2 aromatic rings. The monoisotopic (exact) mass is 350 g/mol. The largest absolute Gasteiger partial charge is 0.419 e. The third-order valence-corrected chi connectivity index (χ3v) is 6.15. The molecule has 3 aliphatic heterocycles. The van der Waals surface area contributed by atoms with Crippen molar-refractivity contribution in [1.82, 2.24) is 20.4 Å². The zero-order chi connectivity index (χ0) is 15.8. The van der Waals surface area contributed by atoms with Crippen molar-refractivity contribution in [2.45, 2.75) is 25.8 Å². The van der Waals surface area contributed by atoms with Gasteiger partial charge in [-0.1, -0.05) is 27.8 Å². The van der Waals surface area contributed by atoms with E-state index < -0.39 is 0 Å². The van der Waals surface area contributed by atoms with Gasteiger partial charge in [0.1, 0.15) is 5.01 Å². The van der Waals surface area contributed by atoms with E-state index in [1.165, 1.54) is 48.6 Å². The van der Waals surface area contributed by atoms with E-state index in [2.05, 4.69) is 20.4 Å². The van der Waals surface area contributed by atoms with Gasteiger partial charge in [-0.15, -0.1) is 5.10 Å². The number of nitrogens with one attached hydrogen (secondary N) is 1. The first kappa shape index (κ1) is 15.0. The summed E-state index contributed by atoms with van der Waals surface area (Å²) in [4.78, 5) is 15.6. The molecule has 1 amide bonds. The van der Waals surface area contributed by atoms with Gasteiger partial charge in [0, 0.05) is 12.6 Å². The van der Waals surface area contributed by atoms with E-state index in [0.717, 1.165) is 11.6 Å². The number of hydrogen-bond acceptors (Lipinski definition) is 7. The molecule has 8 heteroatoms. The maximum atomic E-state index is 12.5. The molecule has 2 bridgehead atoms. The van der Waals surface area contributed by atoms with Crippen molar-refractivity contribution in [1.29, 1.82) is 0 Å². The SMILES string of the molecule is Cc1nnc(Oc2ccc(C(=O)NC3CN4CCC3CC4)s2)s1. The fraction of sp³-hybridized carbons (Fsp3) is 0.533. The Labute approximate surface area is 142 Å². The Balaban J connectivity index is 1.39. The number of thiophene rings is 1. The maximum Gasteiger partial charge on any atom is 0.300 e. The second-order valence-corrected chi connectivity index (χ2v) is 8.22. The summed E-state index contributed by atoms with van der Waals surface area (Å²) in [6, 6.07) is 3.90. The Bertz CT molecular complexity index is 706. The van der Waals surface area contributed by atoms with Gasteiger partial charge in [0.05, 0.1) is 4.88 Å². The smallest absolute Gasteiger partial charge is 0.300 e. The van der Waals surface area contributed by atoms with Crippen LogP contribution in [0.5, 0.6) is 10.3 Å². The van der Waals surface area contributed by atoms with Crippen molar-refractivity contribution in [3.8, 4) is 10.3 Å². The first-order chi connectivity index (χ1) is 11.2. The Morgan fingerprint density at radius 1 is 1.30 bits per heavy atom. The van der Waals surface area contributed by atoms with Gasteiger partial charge >= 0.3 is 0 Å². The van der Waals surface area contributed by atoms with Crippen molar-refractivity contribution >= 4 is 28.6 Å². The minimum Gasteiger partial charge on any atom is -0.419 e. The van der Waals surface area contributed by atoms with Gasteiger partial charge in [0.25, 0.3) is 11.1 Å². The average molecular weight is 350 g/mol. The molecule has 0 aromatic carbocycles. The molecule has 6 nitrogen and oxygen atoms in total. The summed E-state index contributed by atoms with van der Waals surface area (Å²) in [5.41, 5.74) is 0. The molecule has 2 aromatic heterocycles. The van der Waals surface area contributed by atoms with Gasteiger partial charge in [0.2, 0.25) is 0 Å². The Hall–Kier alpha value is -1.51. The molecule has 5 heterocycles. The van der Waals surface area contributed by atoms with E-state index in [9.17, 15) is 4.79 Å². The molecule has 1 atom stereocenters. The number of piperidine rings is 3. The van der Waals surface area contributed by atoms with Gasteiger partial charge in [-0.2, -0.15) is 0 Å². The van der Waals surface area contributed by atoms with Gasteiger partial charge in [0.15, 0.2) is 5.06 Å². The summed E-state index contributed by atoms with van der Waals surface area (Å²) in [7, 11) is 0. The van der Waals surface area contributed by atoms with E-state index in [4.69, 9.17) is 4.74 Å². The summed E-state index contributed by atoms with van der Waals surface area (Å²) in [6.07, 6.45) is 2.39. The highest BCUT2D eigenvalue weighted by Crippen LogP contribution is 2.32. The van der Waals surface area contributed by atoms with Gasteiger partial charge in [-0.3, -0.25) is 4.79 Å². The summed E-state index contributed by atoms with van der Waals surface area (Å²) in [6.45, 7) is 5.21. The molecular formula is C15H18N4O2S2. The molecular weight excluding hydrogens is 332 g/mol. The summed E-state index contributed by atoms with van der Waals surface area (Å²) >= 11 is 2.74. The number of hydrogen-bond donors (Lipinski definition) is 1. The standard InChI is InChI=1S/C15H18N4O2S2/c1-9-17-18-15(22-9)21-13-3-2-12(23-13)14(20)16-11-8-19-6-4-10(11)5-7-19/h2-3,10-11H,4-8H2,1H3,(H,16,20). The van der Waals surface area contributed by atoms with E-state index in [1.54, 1.807) is 0 Å². The molecule has 0 saturated carbocycles. The molecule has 0 radical (unpaired) electrons. The van der Waals surface area contributed by atoms with Crippen LogP contribution in [0.3, 0.4) is 0 Å². The number of amides is 1. The number of carbonyl (C=O) groups is 1. The highest BCUT2D eigenvalue weighted by Gasteiger charge is 2.35. The number of aryl methyl sites for hydroxylation is 1. The van der Waals surface area contributed by atoms with Gasteiger partial charge in [-0.25, -0.2) is 0 Å². The number of rotatable bonds is 4. The zero-order valence-corrected chi connectivity index (χ0v) is 14.5. The van der Waals surface area contributed by atoms with Gasteiger partial charge < -0.3 is 15.0 Å². The maximum absolute atomic E-state index is 12.5. The third kappa shape index (κ3) is 3.24. The summed E-state index contributed by atoms with van der Waals surface area (Å²) in [5.74, 6) is 0.626. The Morgan fingerprint density at radius 3 is 2.78 bits per heavy atom. The van der Waals surface area contributed by atoms with Crippen LogP contribution in [-0.2, 0) is 0 Å². The second-order valence-electron chi connectivity index (χ2n) is 6.03. The highest BCUT2D eigenvalue weighted by molar-refractivity contribution is 7.16. The Morgan fingerprint density at radius 2 is 2.13 bits per heavy atom. The van der Waals surface area contributed by atoms with E-state index in [-0.39, 0.29) is 11.9 Å². The highest BCUT2D eigenvalue weighted by atomic mass is 32.1. The zero-order valence-electron chi connectivity index (χ0n) is 12.8. The van der Waals surface area contributed by atoms with Crippen LogP contribution < -0.4 is 10.1 Å². The van der Waals surface area contributed by atoms with Crippen LogP contribution in [0.4, 0.5) is 0 Å². The predicted octanol–water partition coefficient (Wildman–Crippen LogP) is 2.52. The fourth-order valence-corrected chi connectivity index (χ4v) is 4.63. The minimum absolute atomic E-state index is 0.00274. The number of carbonyl (C=O) groups excluding carboxylic acids is 1. The van der Waals surface area contributed by atoms with Crippen LogP contribution in [0.25, 0.3) is 0 Å². The molecule has 0 aliphatic carbocycles. The molecule has 5 rings (SSSR count). The van der Waals surface area contributed by atoms with E-state index in [1.807, 2.05) is 19.1 Å². The second kappa shape index (κ2) is 6.18. The molecule has 1 unspecified atom stereocenters. The van der Waals surface area contributed by atoms with Crippen LogP contribution in [0, 0.1) is 12.8 Å². The lowest BCUT2D eigenvalue weighted by Gasteiger charge is -2.44. The van der Waals surface area contributed by atoms with Crippen LogP contribution >= 0.6 is 22.7 Å². The molecule has 3 fully saturated rings. The number of ether oxygens (including phenoxy) is 1. The molecule has 3 aliphatic rings. The van der Waals surface area contributed by atoms with Crippen molar-refractivity contribution < 1.29 is 9.53 Å². The van der Waals surface area contributed by atoms with Gasteiger partial charge in [-0.05, 0) is 50.9 Å². The van der Waals surface area contributed by atoms with Crippen LogP contribution in [-0.4, -0.2) is 46.7 Å². The first-order valence-corrected chi connectivity index (χ1v) is 9.42. The summed E-state index contributed by atoms with van der Waals surface area (Å²) in [5, 5.41) is 13.1. The topological polar surface area (TPSA) is 67.3 Å². The fourth-order valence-electron chi connectivity index (χ4n) is 3.27. The predicted molar refractivity (Wildman–Crippen MR) is 89.5 cm³/mol. The lowest BCUT2D eigenvalue weighted by atomic mass is 9.84. The van der Waals surface area contributed by atoms with Crippen molar-refractivity contribution in [3.05, 3.63) is 22.0 Å².